The number of nitrogen functional groups attached to an aromatic ring is 1. The second-order valence-electron chi connectivity index (χ2n) is 4.87. The fourth-order valence-corrected chi connectivity index (χ4v) is 3.75. The molecule has 0 fully saturated rings. The number of methoxy groups -OCH3 is 1. The predicted octanol–water partition coefficient (Wildman–Crippen LogP) is 3.36. The van der Waals surface area contributed by atoms with Gasteiger partial charge in [-0.2, -0.15) is 0 Å². The second kappa shape index (κ2) is 7.18. The molecule has 2 N–H and O–H groups in total. The van der Waals surface area contributed by atoms with E-state index in [-0.39, 0.29) is 0 Å². The fourth-order valence-electron chi connectivity index (χ4n) is 2.24. The van der Waals surface area contributed by atoms with Crippen LogP contribution in [-0.2, 0) is 6.54 Å². The van der Waals surface area contributed by atoms with E-state index < -0.39 is 0 Å². The molecular formula is C15H16BrN5OS. The van der Waals surface area contributed by atoms with Crippen molar-refractivity contribution in [3.8, 4) is 5.75 Å². The first kappa shape index (κ1) is 16.1. The van der Waals surface area contributed by atoms with Gasteiger partial charge in [0.1, 0.15) is 17.6 Å². The van der Waals surface area contributed by atoms with Crippen molar-refractivity contribution in [2.45, 2.75) is 17.9 Å². The Morgan fingerprint density at radius 1 is 1.30 bits per heavy atom. The lowest BCUT2D eigenvalue weighted by Gasteiger charge is -2.09. The normalized spacial score (nSPS) is 11.0. The quantitative estimate of drug-likeness (QED) is 0.510. The molecule has 120 valence electrons. The molecule has 0 spiro atoms. The lowest BCUT2D eigenvalue weighted by atomic mass is 10.3. The Balaban J connectivity index is 1.61. The monoisotopic (exact) mass is 393 g/mol. The number of benzene rings is 1. The Labute approximate surface area is 146 Å². The first-order valence-electron chi connectivity index (χ1n) is 7.06. The van der Waals surface area contributed by atoms with Gasteiger partial charge in [-0.3, -0.25) is 0 Å². The van der Waals surface area contributed by atoms with Crippen molar-refractivity contribution >= 4 is 44.7 Å². The van der Waals surface area contributed by atoms with E-state index in [9.17, 15) is 0 Å². The molecule has 23 heavy (non-hydrogen) atoms. The molecule has 2 heterocycles. The number of imidazole rings is 1. The van der Waals surface area contributed by atoms with Gasteiger partial charge in [0, 0.05) is 11.0 Å². The maximum absolute atomic E-state index is 5.80. The molecule has 3 rings (SSSR count). The number of ether oxygens (including phenoxy) is 1. The minimum absolute atomic E-state index is 0.419. The number of aryl methyl sites for hydroxylation is 1. The highest BCUT2D eigenvalue weighted by Crippen LogP contribution is 2.32. The van der Waals surface area contributed by atoms with Crippen LogP contribution in [0.1, 0.15) is 6.42 Å². The Hall–Kier alpha value is -1.80. The van der Waals surface area contributed by atoms with Crippen molar-refractivity contribution in [2.75, 3.05) is 18.6 Å². The maximum Gasteiger partial charge on any atom is 0.165 e. The zero-order valence-corrected chi connectivity index (χ0v) is 15.0. The third-order valence-electron chi connectivity index (χ3n) is 3.36. The summed E-state index contributed by atoms with van der Waals surface area (Å²) in [5, 5.41) is 0. The molecule has 8 heteroatoms. The van der Waals surface area contributed by atoms with E-state index in [2.05, 4.69) is 36.9 Å². The van der Waals surface area contributed by atoms with Crippen LogP contribution in [0.5, 0.6) is 5.75 Å². The van der Waals surface area contributed by atoms with E-state index in [0.29, 0.717) is 11.3 Å². The minimum Gasteiger partial charge on any atom is -0.496 e. The molecule has 2 aromatic heterocycles. The van der Waals surface area contributed by atoms with Gasteiger partial charge in [0.15, 0.2) is 11.5 Å². The average Bonchev–Trinajstić information content (AvgIpc) is 2.96. The predicted molar refractivity (Wildman–Crippen MR) is 95.8 cm³/mol. The molecule has 0 atom stereocenters. The number of hydrogen-bond donors (Lipinski definition) is 1. The summed E-state index contributed by atoms with van der Waals surface area (Å²) in [4.78, 5) is 13.6. The summed E-state index contributed by atoms with van der Waals surface area (Å²) in [7, 11) is 1.69. The number of nitrogens with zero attached hydrogens (tertiary/aromatic N) is 4. The van der Waals surface area contributed by atoms with E-state index in [1.54, 1.807) is 25.2 Å². The van der Waals surface area contributed by atoms with Gasteiger partial charge < -0.3 is 15.0 Å². The van der Waals surface area contributed by atoms with Crippen LogP contribution in [0.2, 0.25) is 0 Å². The Morgan fingerprint density at radius 2 is 2.17 bits per heavy atom. The minimum atomic E-state index is 0.419. The number of nitrogens with two attached hydrogens (primary N) is 1. The maximum atomic E-state index is 5.80. The van der Waals surface area contributed by atoms with Crippen molar-refractivity contribution in [3.63, 3.8) is 0 Å². The molecule has 0 aliphatic rings. The molecule has 1 aromatic carbocycles. The van der Waals surface area contributed by atoms with Crippen LogP contribution < -0.4 is 10.5 Å². The van der Waals surface area contributed by atoms with Gasteiger partial charge in [0.25, 0.3) is 0 Å². The summed E-state index contributed by atoms with van der Waals surface area (Å²) >= 11 is 5.26. The average molecular weight is 394 g/mol. The van der Waals surface area contributed by atoms with Gasteiger partial charge in [0.2, 0.25) is 0 Å². The largest absolute Gasteiger partial charge is 0.496 e. The zero-order chi connectivity index (χ0) is 16.2. The number of hydrogen-bond acceptors (Lipinski definition) is 6. The number of anilines is 1. The molecule has 0 bridgehead atoms. The fraction of sp³-hybridized carbons (Fsp3) is 0.267. The summed E-state index contributed by atoms with van der Waals surface area (Å²) < 4.78 is 8.44. The van der Waals surface area contributed by atoms with Gasteiger partial charge in [-0.1, -0.05) is 15.9 Å². The van der Waals surface area contributed by atoms with Crippen molar-refractivity contribution in [1.29, 1.82) is 0 Å². The molecule has 3 aromatic rings. The van der Waals surface area contributed by atoms with Crippen LogP contribution in [0.25, 0.3) is 11.2 Å². The number of halogens is 1. The standard InChI is InChI=1S/C15H16BrN5OS/c1-22-11-4-3-10(16)7-12(11)23-6-2-5-21-9-20-13-14(17)18-8-19-15(13)21/h3-4,7-9H,2,5-6H2,1H3,(H2,17,18,19). The topological polar surface area (TPSA) is 78.9 Å². The van der Waals surface area contributed by atoms with Crippen LogP contribution in [0, 0.1) is 0 Å². The van der Waals surface area contributed by atoms with Crippen LogP contribution in [-0.4, -0.2) is 32.4 Å². The number of rotatable bonds is 6. The Morgan fingerprint density at radius 3 is 3.00 bits per heavy atom. The summed E-state index contributed by atoms with van der Waals surface area (Å²) in [5.74, 6) is 2.28. The van der Waals surface area contributed by atoms with Crippen molar-refractivity contribution in [2.24, 2.45) is 0 Å². The zero-order valence-electron chi connectivity index (χ0n) is 12.6. The number of aromatic nitrogens is 4. The van der Waals surface area contributed by atoms with Gasteiger partial charge in [0.05, 0.1) is 18.3 Å². The number of thioether (sulfide) groups is 1. The van der Waals surface area contributed by atoms with E-state index in [1.807, 2.05) is 16.7 Å². The lowest BCUT2D eigenvalue weighted by molar-refractivity contribution is 0.404. The van der Waals surface area contributed by atoms with Gasteiger partial charge >= 0.3 is 0 Å². The SMILES string of the molecule is COc1ccc(Br)cc1SCCCn1cnc2c(N)ncnc21. The van der Waals surface area contributed by atoms with E-state index in [0.717, 1.165) is 39.5 Å². The molecule has 0 amide bonds. The highest BCUT2D eigenvalue weighted by atomic mass is 79.9. The van der Waals surface area contributed by atoms with Crippen LogP contribution in [0.15, 0.2) is 40.2 Å². The van der Waals surface area contributed by atoms with Crippen molar-refractivity contribution < 1.29 is 4.74 Å². The Kier molecular flexibility index (Phi) is 5.02. The van der Waals surface area contributed by atoms with Crippen molar-refractivity contribution in [3.05, 3.63) is 35.3 Å². The molecule has 0 aliphatic heterocycles. The summed E-state index contributed by atoms with van der Waals surface area (Å²) in [6, 6.07) is 6.02. The van der Waals surface area contributed by atoms with Crippen molar-refractivity contribution in [1.82, 2.24) is 19.5 Å². The van der Waals surface area contributed by atoms with Crippen LogP contribution in [0.3, 0.4) is 0 Å². The molecule has 0 aliphatic carbocycles. The molecule has 0 radical (unpaired) electrons. The van der Waals surface area contributed by atoms with E-state index in [4.69, 9.17) is 10.5 Å². The molecule has 6 nitrogen and oxygen atoms in total. The van der Waals surface area contributed by atoms with Crippen LogP contribution in [0.4, 0.5) is 5.82 Å². The Bertz CT molecular complexity index is 823. The third kappa shape index (κ3) is 3.59. The van der Waals surface area contributed by atoms with Gasteiger partial charge in [-0.25, -0.2) is 15.0 Å². The smallest absolute Gasteiger partial charge is 0.165 e. The second-order valence-corrected chi connectivity index (χ2v) is 6.92. The van der Waals surface area contributed by atoms with Crippen LogP contribution >= 0.6 is 27.7 Å². The lowest BCUT2D eigenvalue weighted by Crippen LogP contribution is -2.00. The van der Waals surface area contributed by atoms with E-state index >= 15 is 0 Å². The molecule has 0 unspecified atom stereocenters. The first-order chi connectivity index (χ1) is 11.2. The van der Waals surface area contributed by atoms with Gasteiger partial charge in [-0.15, -0.1) is 11.8 Å². The summed E-state index contributed by atoms with van der Waals surface area (Å²) in [5.41, 5.74) is 7.24. The first-order valence-corrected chi connectivity index (χ1v) is 8.84. The summed E-state index contributed by atoms with van der Waals surface area (Å²) in [6.07, 6.45) is 4.22. The summed E-state index contributed by atoms with van der Waals surface area (Å²) in [6.45, 7) is 0.830. The van der Waals surface area contributed by atoms with Gasteiger partial charge in [-0.05, 0) is 30.4 Å². The highest BCUT2D eigenvalue weighted by Gasteiger charge is 2.08. The van der Waals surface area contributed by atoms with E-state index in [1.165, 1.54) is 6.33 Å². The molecule has 0 saturated carbocycles. The highest BCUT2D eigenvalue weighted by molar-refractivity contribution is 9.10. The number of fused-ring (bicyclic) bond motifs is 1. The third-order valence-corrected chi connectivity index (χ3v) is 4.97. The molecular weight excluding hydrogens is 378 g/mol. The molecule has 0 saturated heterocycles.